The molecule has 4 heteroatoms. The minimum Gasteiger partial charge on any atom is -0.399 e. The molecule has 5 atom stereocenters. The first-order valence-corrected chi connectivity index (χ1v) is 8.59. The number of fused-ring (bicyclic) bond motifs is 1. The summed E-state index contributed by atoms with van der Waals surface area (Å²) in [6.07, 6.45) is 4.15. The zero-order chi connectivity index (χ0) is 12.4. The van der Waals surface area contributed by atoms with Crippen molar-refractivity contribution in [3.05, 3.63) is 0 Å². The van der Waals surface area contributed by atoms with Crippen molar-refractivity contribution in [1.29, 1.82) is 0 Å². The number of rotatable bonds is 3. The molecule has 0 spiro atoms. The highest BCUT2D eigenvalue weighted by atomic mass is 28.3. The smallest absolute Gasteiger partial charge is 0.338 e. The Morgan fingerprint density at radius 3 is 2.41 bits per heavy atom. The Morgan fingerprint density at radius 1 is 1.06 bits per heavy atom. The Balaban J connectivity index is 2.14. The molecule has 1 saturated carbocycles. The van der Waals surface area contributed by atoms with E-state index in [4.69, 9.17) is 8.85 Å². The molecule has 0 bridgehead atoms. The lowest BCUT2D eigenvalue weighted by Crippen LogP contribution is -2.59. The molecule has 1 heterocycles. The number of hydrogen-bond donors (Lipinski definition) is 1. The van der Waals surface area contributed by atoms with E-state index in [9.17, 15) is 0 Å². The van der Waals surface area contributed by atoms with E-state index in [1.807, 2.05) is 14.2 Å². The molecule has 2 aliphatic rings. The van der Waals surface area contributed by atoms with Gasteiger partial charge in [0.05, 0.1) is 5.67 Å². The van der Waals surface area contributed by atoms with E-state index in [-0.39, 0.29) is 0 Å². The molecule has 5 unspecified atom stereocenters. The highest BCUT2D eigenvalue weighted by molar-refractivity contribution is 6.46. The van der Waals surface area contributed by atoms with Gasteiger partial charge >= 0.3 is 9.28 Å². The van der Waals surface area contributed by atoms with Crippen LogP contribution in [-0.4, -0.2) is 35.7 Å². The highest BCUT2D eigenvalue weighted by Gasteiger charge is 2.45. The van der Waals surface area contributed by atoms with Gasteiger partial charge in [0.15, 0.2) is 0 Å². The van der Waals surface area contributed by atoms with Crippen LogP contribution in [0.15, 0.2) is 0 Å². The van der Waals surface area contributed by atoms with E-state index < -0.39 is 9.28 Å². The third kappa shape index (κ3) is 2.60. The van der Waals surface area contributed by atoms with Crippen molar-refractivity contribution in [3.63, 3.8) is 0 Å². The summed E-state index contributed by atoms with van der Waals surface area (Å²) >= 11 is 0. The normalized spacial score (nSPS) is 42.5. The zero-order valence-corrected chi connectivity index (χ0v) is 12.8. The maximum absolute atomic E-state index is 5.63. The van der Waals surface area contributed by atoms with Gasteiger partial charge in [0.25, 0.3) is 0 Å². The number of piperidine rings is 1. The third-order valence-electron chi connectivity index (χ3n) is 5.11. The first-order valence-electron chi connectivity index (χ1n) is 6.98. The predicted molar refractivity (Wildman–Crippen MR) is 72.1 cm³/mol. The summed E-state index contributed by atoms with van der Waals surface area (Å²) in [5.41, 5.74) is 0.501. The second-order valence-corrected chi connectivity index (χ2v) is 8.26. The first-order chi connectivity index (χ1) is 8.19. The summed E-state index contributed by atoms with van der Waals surface area (Å²) in [4.78, 5) is 0. The van der Waals surface area contributed by atoms with Gasteiger partial charge in [-0.15, -0.1) is 0 Å². The van der Waals surface area contributed by atoms with Gasteiger partial charge in [0, 0.05) is 14.2 Å². The lowest BCUT2D eigenvalue weighted by molar-refractivity contribution is 0.0568. The Morgan fingerprint density at radius 2 is 1.76 bits per heavy atom. The van der Waals surface area contributed by atoms with Crippen LogP contribution in [0.4, 0.5) is 0 Å². The largest absolute Gasteiger partial charge is 0.399 e. The second kappa shape index (κ2) is 5.82. The Hall–Kier alpha value is 0.0969. The molecule has 0 aromatic heterocycles. The van der Waals surface area contributed by atoms with Gasteiger partial charge in [-0.05, 0) is 43.1 Å². The van der Waals surface area contributed by atoms with Crippen LogP contribution in [0.2, 0.25) is 0 Å². The van der Waals surface area contributed by atoms with Crippen LogP contribution in [-0.2, 0) is 8.85 Å². The molecule has 0 radical (unpaired) electrons. The van der Waals surface area contributed by atoms with Crippen molar-refractivity contribution in [3.8, 4) is 0 Å². The third-order valence-corrected chi connectivity index (χ3v) is 7.31. The molecule has 1 aliphatic heterocycles. The highest BCUT2D eigenvalue weighted by Crippen LogP contribution is 2.43. The van der Waals surface area contributed by atoms with Gasteiger partial charge in [-0.1, -0.05) is 20.3 Å². The molecule has 0 amide bonds. The minimum atomic E-state index is -1.54. The first kappa shape index (κ1) is 13.5. The summed E-state index contributed by atoms with van der Waals surface area (Å²) in [5.74, 6) is 3.31. The van der Waals surface area contributed by atoms with Crippen LogP contribution in [0, 0.1) is 23.7 Å². The summed E-state index contributed by atoms with van der Waals surface area (Å²) in [5, 5.41) is 3.68. The molecule has 1 saturated heterocycles. The minimum absolute atomic E-state index is 0.501. The molecule has 3 nitrogen and oxygen atoms in total. The van der Waals surface area contributed by atoms with E-state index in [1.165, 1.54) is 19.3 Å². The summed E-state index contributed by atoms with van der Waals surface area (Å²) in [6.45, 7) is 5.98. The van der Waals surface area contributed by atoms with E-state index in [1.54, 1.807) is 0 Å². The molecule has 2 fully saturated rings. The van der Waals surface area contributed by atoms with Gasteiger partial charge in [0.1, 0.15) is 0 Å². The van der Waals surface area contributed by atoms with Gasteiger partial charge in [-0.3, -0.25) is 0 Å². The molecule has 1 N–H and O–H groups in total. The molecule has 17 heavy (non-hydrogen) atoms. The average Bonchev–Trinajstić information content (AvgIpc) is 2.35. The van der Waals surface area contributed by atoms with E-state index >= 15 is 0 Å². The fourth-order valence-corrected chi connectivity index (χ4v) is 6.10. The van der Waals surface area contributed by atoms with Gasteiger partial charge in [-0.2, -0.15) is 0 Å². The fourth-order valence-electron chi connectivity index (χ4n) is 3.94. The van der Waals surface area contributed by atoms with Crippen molar-refractivity contribution in [1.82, 2.24) is 5.32 Å². The maximum Gasteiger partial charge on any atom is 0.338 e. The quantitative estimate of drug-likeness (QED) is 0.781. The van der Waals surface area contributed by atoms with Crippen LogP contribution in [0.5, 0.6) is 0 Å². The topological polar surface area (TPSA) is 30.5 Å². The summed E-state index contributed by atoms with van der Waals surface area (Å²) in [6, 6.07) is 0. The molecule has 100 valence electrons. The lowest BCUT2D eigenvalue weighted by atomic mass is 9.65. The standard InChI is InChI=1S/C13H27NO2Si/c1-9-5-6-11-7-8-14-13(12(11)10(9)2)17(15-3)16-4/h9-14,17H,5-8H2,1-4H3. The SMILES string of the molecule is CO[SiH](OC)C1NCCC2CCC(C)C(C)C21. The predicted octanol–water partition coefficient (Wildman–Crippen LogP) is 1.70. The van der Waals surface area contributed by atoms with Crippen LogP contribution < -0.4 is 5.32 Å². The van der Waals surface area contributed by atoms with Crippen LogP contribution >= 0.6 is 0 Å². The van der Waals surface area contributed by atoms with Crippen molar-refractivity contribution < 1.29 is 8.85 Å². The van der Waals surface area contributed by atoms with Crippen LogP contribution in [0.3, 0.4) is 0 Å². The maximum atomic E-state index is 5.63. The molecular formula is C13H27NO2Si. The van der Waals surface area contributed by atoms with Gasteiger partial charge in [0.2, 0.25) is 0 Å². The van der Waals surface area contributed by atoms with Crippen LogP contribution in [0.1, 0.15) is 33.1 Å². The summed E-state index contributed by atoms with van der Waals surface area (Å²) in [7, 11) is 2.07. The molecule has 1 aliphatic carbocycles. The number of hydrogen-bond acceptors (Lipinski definition) is 3. The Bertz CT molecular complexity index is 246. The van der Waals surface area contributed by atoms with Gasteiger partial charge < -0.3 is 14.2 Å². The second-order valence-electron chi connectivity index (χ2n) is 5.86. The molecular weight excluding hydrogens is 230 g/mol. The lowest BCUT2D eigenvalue weighted by Gasteiger charge is -2.49. The Labute approximate surface area is 107 Å². The van der Waals surface area contributed by atoms with Crippen LogP contribution in [0.25, 0.3) is 0 Å². The Kier molecular flexibility index (Phi) is 4.63. The van der Waals surface area contributed by atoms with E-state index in [2.05, 4.69) is 19.2 Å². The van der Waals surface area contributed by atoms with Crippen molar-refractivity contribution in [2.24, 2.45) is 23.7 Å². The molecule has 2 rings (SSSR count). The van der Waals surface area contributed by atoms with Crippen molar-refractivity contribution in [2.75, 3.05) is 20.8 Å². The molecule has 0 aromatic carbocycles. The van der Waals surface area contributed by atoms with E-state index in [0.717, 1.165) is 30.2 Å². The zero-order valence-electron chi connectivity index (χ0n) is 11.6. The number of nitrogens with one attached hydrogen (secondary N) is 1. The molecule has 0 aromatic rings. The van der Waals surface area contributed by atoms with Gasteiger partial charge in [-0.25, -0.2) is 0 Å². The fraction of sp³-hybridized carbons (Fsp3) is 1.00. The van der Waals surface area contributed by atoms with Crippen molar-refractivity contribution in [2.45, 2.75) is 38.8 Å². The summed E-state index contributed by atoms with van der Waals surface area (Å²) < 4.78 is 11.3. The van der Waals surface area contributed by atoms with Crippen molar-refractivity contribution >= 4 is 9.28 Å². The van der Waals surface area contributed by atoms with E-state index in [0.29, 0.717) is 5.67 Å². The average molecular weight is 257 g/mol. The monoisotopic (exact) mass is 257 g/mol.